The van der Waals surface area contributed by atoms with Crippen LogP contribution in [0.25, 0.3) is 0 Å². The SMILES string of the molecule is Cc1csc(NC(=O)CN2CCCC(C)(C)C2C(=O)O)n1. The maximum absolute atomic E-state index is 12.1. The first kappa shape index (κ1) is 15.9. The maximum Gasteiger partial charge on any atom is 0.321 e. The third-order valence-corrected chi connectivity index (χ3v) is 4.69. The lowest BCUT2D eigenvalue weighted by Gasteiger charge is -2.43. The predicted molar refractivity (Wildman–Crippen MR) is 81.5 cm³/mol. The highest BCUT2D eigenvalue weighted by molar-refractivity contribution is 7.13. The first-order valence-corrected chi connectivity index (χ1v) is 7.86. The molecule has 1 aliphatic rings. The molecule has 2 heterocycles. The molecule has 1 saturated heterocycles. The van der Waals surface area contributed by atoms with Gasteiger partial charge in [0, 0.05) is 5.38 Å². The van der Waals surface area contributed by atoms with Gasteiger partial charge in [0.2, 0.25) is 5.91 Å². The van der Waals surface area contributed by atoms with E-state index in [4.69, 9.17) is 0 Å². The van der Waals surface area contributed by atoms with Gasteiger partial charge >= 0.3 is 5.97 Å². The number of aliphatic carboxylic acids is 1. The zero-order valence-electron chi connectivity index (χ0n) is 12.5. The number of aryl methyl sites for hydroxylation is 1. The molecule has 0 spiro atoms. The van der Waals surface area contributed by atoms with Gasteiger partial charge in [0.15, 0.2) is 5.13 Å². The second kappa shape index (κ2) is 6.11. The number of nitrogens with one attached hydrogen (secondary N) is 1. The number of likely N-dealkylation sites (tertiary alicyclic amines) is 1. The van der Waals surface area contributed by atoms with E-state index < -0.39 is 12.0 Å². The molecular formula is C14H21N3O3S. The number of hydrogen-bond acceptors (Lipinski definition) is 5. The smallest absolute Gasteiger partial charge is 0.321 e. The van der Waals surface area contributed by atoms with Gasteiger partial charge in [-0.25, -0.2) is 4.98 Å². The molecule has 1 fully saturated rings. The quantitative estimate of drug-likeness (QED) is 0.888. The van der Waals surface area contributed by atoms with E-state index in [-0.39, 0.29) is 17.9 Å². The Hall–Kier alpha value is -1.47. The molecular weight excluding hydrogens is 290 g/mol. The predicted octanol–water partition coefficient (Wildman–Crippen LogP) is 1.97. The van der Waals surface area contributed by atoms with E-state index >= 15 is 0 Å². The van der Waals surface area contributed by atoms with Crippen LogP contribution in [0, 0.1) is 12.3 Å². The summed E-state index contributed by atoms with van der Waals surface area (Å²) < 4.78 is 0. The van der Waals surface area contributed by atoms with Gasteiger partial charge in [0.25, 0.3) is 0 Å². The molecule has 21 heavy (non-hydrogen) atoms. The van der Waals surface area contributed by atoms with E-state index in [1.54, 1.807) is 4.90 Å². The van der Waals surface area contributed by atoms with Crippen molar-refractivity contribution in [2.45, 2.75) is 39.7 Å². The van der Waals surface area contributed by atoms with Crippen LogP contribution in [0.2, 0.25) is 0 Å². The number of hydrogen-bond donors (Lipinski definition) is 2. The Balaban J connectivity index is 2.02. The Kier molecular flexibility index (Phi) is 4.63. The molecule has 1 atom stereocenters. The molecule has 0 aliphatic carbocycles. The lowest BCUT2D eigenvalue weighted by molar-refractivity contribution is -0.151. The van der Waals surface area contributed by atoms with Crippen LogP contribution in [-0.2, 0) is 9.59 Å². The van der Waals surface area contributed by atoms with Crippen molar-refractivity contribution in [1.82, 2.24) is 9.88 Å². The molecule has 1 amide bonds. The number of anilines is 1. The van der Waals surface area contributed by atoms with E-state index in [9.17, 15) is 14.7 Å². The van der Waals surface area contributed by atoms with Gasteiger partial charge in [0.1, 0.15) is 6.04 Å². The standard InChI is InChI=1S/C14H21N3O3S/c1-9-8-21-13(15-9)16-10(18)7-17-6-4-5-14(2,3)11(17)12(19)20/h8,11H,4-7H2,1-3H3,(H,19,20)(H,15,16,18). The normalized spacial score (nSPS) is 22.0. The van der Waals surface area contributed by atoms with Gasteiger partial charge in [-0.2, -0.15) is 0 Å². The van der Waals surface area contributed by atoms with E-state index in [1.807, 2.05) is 26.2 Å². The van der Waals surface area contributed by atoms with Crippen LogP contribution in [-0.4, -0.2) is 46.0 Å². The number of carbonyl (C=O) groups is 2. The fourth-order valence-electron chi connectivity index (χ4n) is 2.91. The fourth-order valence-corrected chi connectivity index (χ4v) is 3.62. The number of thiazole rings is 1. The number of nitrogens with zero attached hydrogens (tertiary/aromatic N) is 2. The minimum Gasteiger partial charge on any atom is -0.480 e. The Labute approximate surface area is 128 Å². The van der Waals surface area contributed by atoms with Crippen molar-refractivity contribution < 1.29 is 14.7 Å². The second-order valence-corrected chi connectivity index (χ2v) is 7.00. The highest BCUT2D eigenvalue weighted by Gasteiger charge is 2.42. The lowest BCUT2D eigenvalue weighted by Crippen LogP contribution is -2.55. The van der Waals surface area contributed by atoms with Crippen molar-refractivity contribution in [2.75, 3.05) is 18.4 Å². The van der Waals surface area contributed by atoms with Crippen LogP contribution < -0.4 is 5.32 Å². The minimum atomic E-state index is -0.863. The van der Waals surface area contributed by atoms with E-state index in [0.717, 1.165) is 18.5 Å². The Morgan fingerprint density at radius 1 is 1.57 bits per heavy atom. The summed E-state index contributed by atoms with van der Waals surface area (Å²) >= 11 is 1.37. The van der Waals surface area contributed by atoms with Crippen LogP contribution in [0.1, 0.15) is 32.4 Å². The molecule has 2 N–H and O–H groups in total. The molecule has 1 unspecified atom stereocenters. The second-order valence-electron chi connectivity index (χ2n) is 6.15. The van der Waals surface area contributed by atoms with E-state index in [2.05, 4.69) is 10.3 Å². The molecule has 0 bridgehead atoms. The molecule has 0 saturated carbocycles. The summed E-state index contributed by atoms with van der Waals surface area (Å²) in [4.78, 5) is 29.6. The molecule has 2 rings (SSSR count). The largest absolute Gasteiger partial charge is 0.480 e. The van der Waals surface area contributed by atoms with Crippen LogP contribution in [0.3, 0.4) is 0 Å². The molecule has 0 radical (unpaired) electrons. The minimum absolute atomic E-state index is 0.0824. The molecule has 7 heteroatoms. The van der Waals surface area contributed by atoms with Crippen molar-refractivity contribution in [3.05, 3.63) is 11.1 Å². The number of piperidine rings is 1. The average molecular weight is 311 g/mol. The van der Waals surface area contributed by atoms with Crippen LogP contribution in [0.4, 0.5) is 5.13 Å². The van der Waals surface area contributed by atoms with Crippen molar-refractivity contribution in [3.63, 3.8) is 0 Å². The Morgan fingerprint density at radius 2 is 2.29 bits per heavy atom. The number of rotatable bonds is 4. The van der Waals surface area contributed by atoms with Crippen LogP contribution in [0.15, 0.2) is 5.38 Å². The monoisotopic (exact) mass is 311 g/mol. The molecule has 6 nitrogen and oxygen atoms in total. The summed E-state index contributed by atoms with van der Waals surface area (Å²) in [5.41, 5.74) is 0.528. The number of amides is 1. The van der Waals surface area contributed by atoms with Crippen molar-refractivity contribution in [3.8, 4) is 0 Å². The molecule has 0 aromatic carbocycles. The summed E-state index contributed by atoms with van der Waals surface area (Å²) in [6, 6.07) is -0.630. The van der Waals surface area contributed by atoms with E-state index in [1.165, 1.54) is 11.3 Å². The first-order valence-electron chi connectivity index (χ1n) is 6.98. The fraction of sp³-hybridized carbons (Fsp3) is 0.643. The molecule has 116 valence electrons. The van der Waals surface area contributed by atoms with Gasteiger partial charge in [-0.05, 0) is 31.7 Å². The summed E-state index contributed by atoms with van der Waals surface area (Å²) in [7, 11) is 0. The highest BCUT2D eigenvalue weighted by atomic mass is 32.1. The van der Waals surface area contributed by atoms with Gasteiger partial charge in [-0.15, -0.1) is 11.3 Å². The van der Waals surface area contributed by atoms with Crippen molar-refractivity contribution >= 4 is 28.3 Å². The third kappa shape index (κ3) is 3.79. The summed E-state index contributed by atoms with van der Waals surface area (Å²) in [6.45, 7) is 6.46. The van der Waals surface area contributed by atoms with Crippen molar-refractivity contribution in [1.29, 1.82) is 0 Å². The summed E-state index contributed by atoms with van der Waals surface area (Å²) in [6.07, 6.45) is 1.76. The average Bonchev–Trinajstić information content (AvgIpc) is 2.72. The Morgan fingerprint density at radius 3 is 2.86 bits per heavy atom. The molecule has 1 aromatic heterocycles. The number of carbonyl (C=O) groups excluding carboxylic acids is 1. The van der Waals surface area contributed by atoms with Crippen LogP contribution >= 0.6 is 11.3 Å². The number of carboxylic acid groups (broad SMARTS) is 1. The van der Waals surface area contributed by atoms with Crippen molar-refractivity contribution in [2.24, 2.45) is 5.41 Å². The number of aromatic nitrogens is 1. The molecule has 1 aliphatic heterocycles. The first-order chi connectivity index (χ1) is 9.79. The molecule has 1 aromatic rings. The number of carboxylic acids is 1. The maximum atomic E-state index is 12.1. The Bertz CT molecular complexity index is 541. The van der Waals surface area contributed by atoms with Gasteiger partial charge < -0.3 is 10.4 Å². The summed E-state index contributed by atoms with van der Waals surface area (Å²) in [5, 5.41) is 14.6. The van der Waals surface area contributed by atoms with Gasteiger partial charge in [-0.1, -0.05) is 13.8 Å². The third-order valence-electron chi connectivity index (χ3n) is 3.82. The van der Waals surface area contributed by atoms with Crippen LogP contribution in [0.5, 0.6) is 0 Å². The topological polar surface area (TPSA) is 82.5 Å². The zero-order valence-corrected chi connectivity index (χ0v) is 13.4. The highest BCUT2D eigenvalue weighted by Crippen LogP contribution is 2.35. The lowest BCUT2D eigenvalue weighted by atomic mass is 9.76. The van der Waals surface area contributed by atoms with Gasteiger partial charge in [0.05, 0.1) is 12.2 Å². The zero-order chi connectivity index (χ0) is 15.6. The van der Waals surface area contributed by atoms with E-state index in [0.29, 0.717) is 11.7 Å². The van der Waals surface area contributed by atoms with Gasteiger partial charge in [-0.3, -0.25) is 14.5 Å². The summed E-state index contributed by atoms with van der Waals surface area (Å²) in [5.74, 6) is -1.08.